The number of terminal acetylenes is 1. The summed E-state index contributed by atoms with van der Waals surface area (Å²) in [5, 5.41) is 7.81. The second-order valence-corrected chi connectivity index (χ2v) is 12.4. The summed E-state index contributed by atoms with van der Waals surface area (Å²) in [6, 6.07) is 7.56. The average molecular weight is 666 g/mol. The minimum Gasteiger partial charge on any atom is -0.479 e. The van der Waals surface area contributed by atoms with Crippen molar-refractivity contribution in [1.82, 2.24) is 29.4 Å². The SMILES string of the molecule is C#CCOc1cc(-n2nc(C(C)(C)C)oc2=O)c(Cl)cc1Cl.Cc1ccn2nc(S(=O)(=O)Nc3c(F)cccc3F)nc2n1. The lowest BCUT2D eigenvalue weighted by Crippen LogP contribution is -2.16. The Kier molecular flexibility index (Phi) is 9.28. The Bertz CT molecular complexity index is 2050. The summed E-state index contributed by atoms with van der Waals surface area (Å²) in [5.74, 6) is 0.290. The first-order valence-corrected chi connectivity index (χ1v) is 14.7. The fraction of sp³-hybridized carbons (Fsp3) is 0.222. The van der Waals surface area contributed by atoms with Crippen LogP contribution in [0, 0.1) is 30.9 Å². The molecule has 44 heavy (non-hydrogen) atoms. The fourth-order valence-corrected chi connectivity index (χ4v) is 4.85. The molecule has 5 aromatic rings. The van der Waals surface area contributed by atoms with Crippen LogP contribution in [0.1, 0.15) is 32.4 Å². The van der Waals surface area contributed by atoms with Gasteiger partial charge in [0, 0.05) is 23.4 Å². The molecule has 3 heterocycles. The number of ether oxygens (including phenoxy) is 1. The molecule has 230 valence electrons. The number of sulfonamides is 1. The highest BCUT2D eigenvalue weighted by molar-refractivity contribution is 7.92. The molecule has 5 rings (SSSR count). The monoisotopic (exact) mass is 665 g/mol. The van der Waals surface area contributed by atoms with Crippen LogP contribution in [0.4, 0.5) is 14.5 Å². The highest BCUT2D eigenvalue weighted by atomic mass is 35.5. The zero-order valence-electron chi connectivity index (χ0n) is 23.5. The Hall–Kier alpha value is -4.52. The van der Waals surface area contributed by atoms with E-state index in [-0.39, 0.29) is 22.4 Å². The van der Waals surface area contributed by atoms with Crippen molar-refractivity contribution in [2.45, 2.75) is 38.3 Å². The van der Waals surface area contributed by atoms with E-state index in [1.807, 2.05) is 20.8 Å². The minimum absolute atomic E-state index is 0.0434. The van der Waals surface area contributed by atoms with E-state index in [2.05, 4.69) is 26.1 Å². The van der Waals surface area contributed by atoms with Crippen molar-refractivity contribution in [2.24, 2.45) is 0 Å². The maximum absolute atomic E-state index is 13.5. The molecule has 0 aliphatic carbocycles. The molecule has 0 radical (unpaired) electrons. The lowest BCUT2D eigenvalue weighted by atomic mass is 9.97. The Morgan fingerprint density at radius 2 is 1.77 bits per heavy atom. The third kappa shape index (κ3) is 7.16. The number of rotatable bonds is 6. The molecule has 0 spiro atoms. The second-order valence-electron chi connectivity index (χ2n) is 9.97. The molecule has 3 aromatic heterocycles. The number of anilines is 1. The lowest BCUT2D eigenvalue weighted by molar-refractivity contribution is 0.370. The maximum Gasteiger partial charge on any atom is 0.442 e. The van der Waals surface area contributed by atoms with Crippen molar-refractivity contribution in [3.8, 4) is 23.8 Å². The first kappa shape index (κ1) is 32.4. The molecule has 0 aliphatic rings. The number of aromatic nitrogens is 6. The first-order chi connectivity index (χ1) is 20.6. The van der Waals surface area contributed by atoms with Gasteiger partial charge >= 0.3 is 5.76 Å². The molecule has 0 fully saturated rings. The molecule has 0 bridgehead atoms. The molecule has 12 nitrogen and oxygen atoms in total. The Balaban J connectivity index is 0.000000201. The smallest absolute Gasteiger partial charge is 0.442 e. The van der Waals surface area contributed by atoms with E-state index >= 15 is 0 Å². The quantitative estimate of drug-likeness (QED) is 0.249. The zero-order valence-corrected chi connectivity index (χ0v) is 25.8. The van der Waals surface area contributed by atoms with Crippen LogP contribution in [0.2, 0.25) is 10.0 Å². The van der Waals surface area contributed by atoms with Crippen LogP contribution in [0.15, 0.2) is 57.0 Å². The fourth-order valence-electron chi connectivity index (χ4n) is 3.38. The normalized spacial score (nSPS) is 11.5. The number of benzene rings is 2. The molecular weight excluding hydrogens is 643 g/mol. The standard InChI is InChI=1S/C15H14Cl2N2O3.C12H9F2N5O2S/c1-5-6-21-12-8-11(9(16)7-10(12)17)19-14(20)22-13(18-19)15(2,3)4;1-7-5-6-19-11(15-7)16-12(17-19)22(20,21)18-10-8(13)3-2-4-9(10)14/h1,7-8H,6H2,2-4H3;2-6,18H,1H3. The minimum atomic E-state index is -4.35. The van der Waals surface area contributed by atoms with E-state index in [1.165, 1.54) is 18.3 Å². The molecule has 0 atom stereocenters. The first-order valence-electron chi connectivity index (χ1n) is 12.4. The van der Waals surface area contributed by atoms with Crippen LogP contribution in [0.5, 0.6) is 5.75 Å². The molecule has 1 N–H and O–H groups in total. The van der Waals surface area contributed by atoms with Gasteiger partial charge in [0.2, 0.25) is 5.89 Å². The number of nitrogens with one attached hydrogen (secondary N) is 1. The van der Waals surface area contributed by atoms with Crippen LogP contribution < -0.4 is 15.2 Å². The Morgan fingerprint density at radius 3 is 2.39 bits per heavy atom. The van der Waals surface area contributed by atoms with Gasteiger partial charge in [-0.3, -0.25) is 4.72 Å². The van der Waals surface area contributed by atoms with Crippen molar-refractivity contribution < 1.29 is 26.4 Å². The van der Waals surface area contributed by atoms with Crippen molar-refractivity contribution >= 4 is 44.7 Å². The lowest BCUT2D eigenvalue weighted by Gasteiger charge is -2.11. The molecule has 0 saturated heterocycles. The van der Waals surface area contributed by atoms with Gasteiger partial charge in [0.15, 0.2) is 0 Å². The van der Waals surface area contributed by atoms with E-state index in [0.717, 1.165) is 27.4 Å². The van der Waals surface area contributed by atoms with Crippen molar-refractivity contribution in [3.63, 3.8) is 0 Å². The largest absolute Gasteiger partial charge is 0.479 e. The predicted molar refractivity (Wildman–Crippen MR) is 158 cm³/mol. The van der Waals surface area contributed by atoms with Gasteiger partial charge in [0.1, 0.15) is 29.7 Å². The maximum atomic E-state index is 13.5. The van der Waals surface area contributed by atoms with Crippen LogP contribution in [-0.4, -0.2) is 44.4 Å². The predicted octanol–water partition coefficient (Wildman–Crippen LogP) is 4.95. The van der Waals surface area contributed by atoms with Crippen molar-refractivity contribution in [1.29, 1.82) is 0 Å². The Labute approximate surface area is 259 Å². The highest BCUT2D eigenvalue weighted by Gasteiger charge is 2.25. The van der Waals surface area contributed by atoms with Crippen molar-refractivity contribution in [3.05, 3.63) is 86.4 Å². The van der Waals surface area contributed by atoms with Gasteiger partial charge in [-0.1, -0.05) is 56.0 Å². The van der Waals surface area contributed by atoms with E-state index in [9.17, 15) is 22.0 Å². The summed E-state index contributed by atoms with van der Waals surface area (Å²) in [6.07, 6.45) is 6.63. The molecule has 0 unspecified atom stereocenters. The third-order valence-corrected chi connectivity index (χ3v) is 7.22. The third-order valence-electron chi connectivity index (χ3n) is 5.50. The summed E-state index contributed by atoms with van der Waals surface area (Å²) in [6.45, 7) is 7.40. The summed E-state index contributed by atoms with van der Waals surface area (Å²) < 4.78 is 65.9. The van der Waals surface area contributed by atoms with Gasteiger partial charge < -0.3 is 9.15 Å². The van der Waals surface area contributed by atoms with Gasteiger partial charge in [-0.2, -0.15) is 18.1 Å². The van der Waals surface area contributed by atoms with Crippen molar-refractivity contribution in [2.75, 3.05) is 11.3 Å². The molecule has 2 aromatic carbocycles. The zero-order chi connectivity index (χ0) is 32.4. The van der Waals surface area contributed by atoms with E-state index < -0.39 is 43.7 Å². The molecule has 0 amide bonds. The van der Waals surface area contributed by atoms with Crippen LogP contribution in [0.3, 0.4) is 0 Å². The van der Waals surface area contributed by atoms with Gasteiger partial charge in [0.25, 0.3) is 21.0 Å². The number of hydrogen-bond donors (Lipinski definition) is 1. The summed E-state index contributed by atoms with van der Waals surface area (Å²) in [5.41, 5.74) is -0.267. The number of halogens is 4. The van der Waals surface area contributed by atoms with Gasteiger partial charge in [-0.15, -0.1) is 16.6 Å². The number of fused-ring (bicyclic) bond motifs is 1. The number of hydrogen-bond acceptors (Lipinski definition) is 9. The number of aryl methyl sites for hydroxylation is 1. The summed E-state index contributed by atoms with van der Waals surface area (Å²) >= 11 is 12.2. The molecule has 0 aliphatic heterocycles. The second kappa shape index (κ2) is 12.6. The summed E-state index contributed by atoms with van der Waals surface area (Å²) in [4.78, 5) is 19.8. The number of para-hydroxylation sites is 1. The number of nitrogens with zero attached hydrogens (tertiary/aromatic N) is 6. The average Bonchev–Trinajstić information content (AvgIpc) is 3.55. The van der Waals surface area contributed by atoms with E-state index in [4.69, 9.17) is 38.8 Å². The molecule has 0 saturated carbocycles. The van der Waals surface area contributed by atoms with E-state index in [1.54, 1.807) is 17.7 Å². The topological polar surface area (TPSA) is 147 Å². The van der Waals surface area contributed by atoms with Gasteiger partial charge in [-0.25, -0.2) is 23.1 Å². The van der Waals surface area contributed by atoms with Gasteiger partial charge in [-0.05, 0) is 31.2 Å². The van der Waals surface area contributed by atoms with Crippen LogP contribution >= 0.6 is 23.2 Å². The molecule has 17 heteroatoms. The van der Waals surface area contributed by atoms with E-state index in [0.29, 0.717) is 23.0 Å². The van der Waals surface area contributed by atoms with Crippen LogP contribution in [0.25, 0.3) is 11.5 Å². The van der Waals surface area contributed by atoms with Crippen LogP contribution in [-0.2, 0) is 15.4 Å². The Morgan fingerprint density at radius 1 is 1.09 bits per heavy atom. The molecular formula is C27H23Cl2F2N7O5S. The highest BCUT2D eigenvalue weighted by Crippen LogP contribution is 2.33. The summed E-state index contributed by atoms with van der Waals surface area (Å²) in [7, 11) is -4.35. The van der Waals surface area contributed by atoms with Gasteiger partial charge in [0.05, 0.1) is 15.7 Å².